The lowest BCUT2D eigenvalue weighted by Crippen LogP contribution is -2.44. The largest absolute Gasteiger partial charge is 0.338 e. The summed E-state index contributed by atoms with van der Waals surface area (Å²) in [4.78, 5) is 28.4. The molecule has 0 spiro atoms. The highest BCUT2D eigenvalue weighted by molar-refractivity contribution is 7.89. The SMILES string of the molecule is Cc1ccc(S(=O)(=O)NCC2CCCN(C(=O)c3ccccc3C(=O)c3ccccc3)C2)cc1. The number of hydrogen-bond acceptors (Lipinski definition) is 4. The molecule has 0 bridgehead atoms. The Bertz CT molecular complexity index is 1270. The summed E-state index contributed by atoms with van der Waals surface area (Å²) < 4.78 is 28.0. The van der Waals surface area contributed by atoms with Gasteiger partial charge in [0, 0.05) is 30.8 Å². The van der Waals surface area contributed by atoms with Crippen LogP contribution in [0.1, 0.15) is 44.7 Å². The highest BCUT2D eigenvalue weighted by atomic mass is 32.2. The first-order valence-corrected chi connectivity index (χ1v) is 12.9. The molecule has 4 rings (SSSR count). The van der Waals surface area contributed by atoms with Gasteiger partial charge in [-0.2, -0.15) is 0 Å². The molecule has 1 saturated heterocycles. The van der Waals surface area contributed by atoms with Crippen molar-refractivity contribution >= 4 is 21.7 Å². The first-order valence-electron chi connectivity index (χ1n) is 11.4. The van der Waals surface area contributed by atoms with Crippen molar-refractivity contribution in [2.45, 2.75) is 24.7 Å². The fraction of sp³-hybridized carbons (Fsp3) is 0.259. The van der Waals surface area contributed by atoms with E-state index in [1.807, 2.05) is 13.0 Å². The van der Waals surface area contributed by atoms with E-state index >= 15 is 0 Å². The molecule has 0 radical (unpaired) electrons. The molecule has 7 heteroatoms. The van der Waals surface area contributed by atoms with Crippen molar-refractivity contribution in [2.75, 3.05) is 19.6 Å². The summed E-state index contributed by atoms with van der Waals surface area (Å²) in [5, 5.41) is 0. The molecule has 0 aromatic heterocycles. The molecule has 0 aliphatic carbocycles. The van der Waals surface area contributed by atoms with Gasteiger partial charge in [-0.1, -0.05) is 66.2 Å². The van der Waals surface area contributed by atoms with E-state index < -0.39 is 10.0 Å². The quantitative estimate of drug-likeness (QED) is 0.522. The summed E-state index contributed by atoms with van der Waals surface area (Å²) in [7, 11) is -3.61. The van der Waals surface area contributed by atoms with E-state index in [9.17, 15) is 18.0 Å². The minimum atomic E-state index is -3.61. The maximum atomic E-state index is 13.4. The van der Waals surface area contributed by atoms with Gasteiger partial charge >= 0.3 is 0 Å². The van der Waals surface area contributed by atoms with Crippen LogP contribution in [0.3, 0.4) is 0 Å². The van der Waals surface area contributed by atoms with Crippen molar-refractivity contribution in [1.29, 1.82) is 0 Å². The molecular weight excluding hydrogens is 448 g/mol. The van der Waals surface area contributed by atoms with Crippen LogP contribution in [0.15, 0.2) is 83.8 Å². The third-order valence-electron chi connectivity index (χ3n) is 6.14. The van der Waals surface area contributed by atoms with Crippen LogP contribution in [0.25, 0.3) is 0 Å². The van der Waals surface area contributed by atoms with E-state index in [1.165, 1.54) is 0 Å². The van der Waals surface area contributed by atoms with E-state index in [-0.39, 0.29) is 29.0 Å². The van der Waals surface area contributed by atoms with Gasteiger partial charge in [0.05, 0.1) is 10.5 Å². The highest BCUT2D eigenvalue weighted by Gasteiger charge is 2.28. The molecule has 3 aromatic carbocycles. The lowest BCUT2D eigenvalue weighted by atomic mass is 9.95. The van der Waals surface area contributed by atoms with Crippen LogP contribution in [0.2, 0.25) is 0 Å². The Kier molecular flexibility index (Phi) is 7.24. The average molecular weight is 477 g/mol. The number of piperidine rings is 1. The molecule has 1 atom stereocenters. The molecular formula is C27H28N2O4S. The highest BCUT2D eigenvalue weighted by Crippen LogP contribution is 2.22. The summed E-state index contributed by atoms with van der Waals surface area (Å²) in [5.41, 5.74) is 2.27. The molecule has 1 aliphatic rings. The zero-order valence-corrected chi connectivity index (χ0v) is 19.9. The van der Waals surface area contributed by atoms with Crippen molar-refractivity contribution in [3.05, 3.63) is 101 Å². The minimum absolute atomic E-state index is 0.00471. The van der Waals surface area contributed by atoms with Crippen molar-refractivity contribution < 1.29 is 18.0 Å². The average Bonchev–Trinajstić information content (AvgIpc) is 2.87. The number of nitrogens with one attached hydrogen (secondary N) is 1. The van der Waals surface area contributed by atoms with Gasteiger partial charge in [-0.25, -0.2) is 13.1 Å². The number of likely N-dealkylation sites (tertiary alicyclic amines) is 1. The standard InChI is InChI=1S/C27H28N2O4S/c1-20-13-15-23(16-14-20)34(32,33)28-18-21-8-7-17-29(19-21)27(31)25-12-6-5-11-24(25)26(30)22-9-3-2-4-10-22/h2-6,9-16,21,28H,7-8,17-19H2,1H3. The van der Waals surface area contributed by atoms with E-state index in [1.54, 1.807) is 77.7 Å². The van der Waals surface area contributed by atoms with E-state index in [0.717, 1.165) is 18.4 Å². The van der Waals surface area contributed by atoms with Gasteiger partial charge in [-0.3, -0.25) is 9.59 Å². The second-order valence-corrected chi connectivity index (χ2v) is 10.4. The Labute approximate surface area is 200 Å². The van der Waals surface area contributed by atoms with Crippen LogP contribution in [0.5, 0.6) is 0 Å². The van der Waals surface area contributed by atoms with Crippen molar-refractivity contribution in [3.8, 4) is 0 Å². The summed E-state index contributed by atoms with van der Waals surface area (Å²) >= 11 is 0. The monoisotopic (exact) mass is 476 g/mol. The number of carbonyl (C=O) groups is 2. The summed E-state index contributed by atoms with van der Waals surface area (Å²) in [6, 6.07) is 22.5. The Balaban J connectivity index is 1.45. The van der Waals surface area contributed by atoms with Crippen molar-refractivity contribution in [2.24, 2.45) is 5.92 Å². The molecule has 34 heavy (non-hydrogen) atoms. The van der Waals surface area contributed by atoms with Gasteiger partial charge in [0.15, 0.2) is 5.78 Å². The Hall–Kier alpha value is -3.29. The van der Waals surface area contributed by atoms with Gasteiger partial charge in [0.2, 0.25) is 10.0 Å². The van der Waals surface area contributed by atoms with Crippen molar-refractivity contribution in [3.63, 3.8) is 0 Å². The van der Waals surface area contributed by atoms with E-state index in [2.05, 4.69) is 4.72 Å². The molecule has 176 valence electrons. The smallest absolute Gasteiger partial charge is 0.254 e. The lowest BCUT2D eigenvalue weighted by Gasteiger charge is -2.33. The normalized spacial score (nSPS) is 16.3. The first-order chi connectivity index (χ1) is 16.3. The molecule has 6 nitrogen and oxygen atoms in total. The van der Waals surface area contributed by atoms with Crippen LogP contribution in [0, 0.1) is 12.8 Å². The predicted molar refractivity (Wildman–Crippen MR) is 131 cm³/mol. The molecule has 1 unspecified atom stereocenters. The minimum Gasteiger partial charge on any atom is -0.338 e. The molecule has 3 aromatic rings. The van der Waals surface area contributed by atoms with Crippen LogP contribution >= 0.6 is 0 Å². The maximum absolute atomic E-state index is 13.4. The fourth-order valence-corrected chi connectivity index (χ4v) is 5.34. The van der Waals surface area contributed by atoms with Gasteiger partial charge in [-0.05, 0) is 43.9 Å². The summed E-state index contributed by atoms with van der Waals surface area (Å²) in [6.45, 7) is 3.17. The molecule has 1 aliphatic heterocycles. The Morgan fingerprint density at radius 3 is 2.26 bits per heavy atom. The number of rotatable bonds is 7. The summed E-state index contributed by atoms with van der Waals surface area (Å²) in [5.74, 6) is -0.398. The van der Waals surface area contributed by atoms with Crippen LogP contribution in [0.4, 0.5) is 0 Å². The van der Waals surface area contributed by atoms with Gasteiger partial charge in [0.25, 0.3) is 5.91 Å². The number of nitrogens with zero attached hydrogens (tertiary/aromatic N) is 1. The molecule has 0 saturated carbocycles. The van der Waals surface area contributed by atoms with E-state index in [0.29, 0.717) is 29.8 Å². The number of benzene rings is 3. The number of amides is 1. The Morgan fingerprint density at radius 1 is 0.912 bits per heavy atom. The zero-order valence-electron chi connectivity index (χ0n) is 19.1. The zero-order chi connectivity index (χ0) is 24.1. The third kappa shape index (κ3) is 5.43. The van der Waals surface area contributed by atoms with Crippen LogP contribution in [-0.4, -0.2) is 44.6 Å². The molecule has 1 heterocycles. The number of hydrogen-bond donors (Lipinski definition) is 1. The number of carbonyl (C=O) groups excluding carboxylic acids is 2. The lowest BCUT2D eigenvalue weighted by molar-refractivity contribution is 0.0673. The van der Waals surface area contributed by atoms with Gasteiger partial charge in [-0.15, -0.1) is 0 Å². The third-order valence-corrected chi connectivity index (χ3v) is 7.58. The van der Waals surface area contributed by atoms with Crippen molar-refractivity contribution in [1.82, 2.24) is 9.62 Å². The first kappa shape index (κ1) is 23.9. The number of ketones is 1. The molecule has 1 N–H and O–H groups in total. The fourth-order valence-electron chi connectivity index (χ4n) is 4.23. The predicted octanol–water partition coefficient (Wildman–Crippen LogP) is 4.06. The van der Waals surface area contributed by atoms with E-state index in [4.69, 9.17) is 0 Å². The van der Waals surface area contributed by atoms with Gasteiger partial charge in [0.1, 0.15) is 0 Å². The maximum Gasteiger partial charge on any atom is 0.254 e. The summed E-state index contributed by atoms with van der Waals surface area (Å²) in [6.07, 6.45) is 1.60. The van der Waals surface area contributed by atoms with Crippen LogP contribution < -0.4 is 4.72 Å². The molecule has 1 amide bonds. The molecule has 1 fully saturated rings. The Morgan fingerprint density at radius 2 is 1.56 bits per heavy atom. The van der Waals surface area contributed by atoms with Gasteiger partial charge < -0.3 is 4.90 Å². The topological polar surface area (TPSA) is 83.6 Å². The second-order valence-electron chi connectivity index (χ2n) is 8.67. The number of sulfonamides is 1. The number of aryl methyl sites for hydroxylation is 1. The second kappa shape index (κ2) is 10.3. The van der Waals surface area contributed by atoms with Crippen LogP contribution in [-0.2, 0) is 10.0 Å².